The first-order valence-corrected chi connectivity index (χ1v) is 6.88. The summed E-state index contributed by atoms with van der Waals surface area (Å²) >= 11 is -0.553. The molecule has 1 N–H and O–H groups in total. The lowest BCUT2D eigenvalue weighted by atomic mass is 10.3. The Labute approximate surface area is 116 Å². The maximum absolute atomic E-state index is 12.2. The maximum atomic E-state index is 12.2. The highest BCUT2D eigenvalue weighted by atomic mass is 32.2. The molecule has 0 bridgehead atoms. The Hall–Kier alpha value is -1.62. The van der Waals surface area contributed by atoms with Gasteiger partial charge in [0, 0.05) is 11.0 Å². The zero-order valence-corrected chi connectivity index (χ0v) is 11.0. The molecule has 0 aliphatic rings. The van der Waals surface area contributed by atoms with Gasteiger partial charge in [-0.25, -0.2) is 0 Å². The molecule has 0 saturated heterocycles. The summed E-state index contributed by atoms with van der Waals surface area (Å²) in [6.07, 6.45) is 0. The molecule has 1 aromatic rings. The van der Waals surface area contributed by atoms with E-state index in [0.717, 1.165) is 12.1 Å². The van der Waals surface area contributed by atoms with Crippen LogP contribution in [0.25, 0.3) is 0 Å². The van der Waals surface area contributed by atoms with Crippen molar-refractivity contribution in [2.45, 2.75) is 15.3 Å². The van der Waals surface area contributed by atoms with Crippen molar-refractivity contribution in [2.24, 2.45) is 0 Å². The van der Waals surface area contributed by atoms with E-state index in [-0.39, 0.29) is 0 Å². The van der Waals surface area contributed by atoms with E-state index in [4.69, 9.17) is 5.11 Å². The summed E-state index contributed by atoms with van der Waals surface area (Å²) in [5.74, 6) is -2.31. The van der Waals surface area contributed by atoms with E-state index < -0.39 is 60.2 Å². The fourth-order valence-electron chi connectivity index (χ4n) is 1.22. The number of carboxylic acids is 1. The van der Waals surface area contributed by atoms with Crippen molar-refractivity contribution in [3.05, 3.63) is 28.3 Å². The van der Waals surface area contributed by atoms with Crippen LogP contribution in [0.2, 0.25) is 0 Å². The van der Waals surface area contributed by atoms with Crippen LogP contribution in [-0.4, -0.2) is 31.5 Å². The van der Waals surface area contributed by atoms with Crippen molar-refractivity contribution in [2.75, 3.05) is 5.75 Å². The SMILES string of the molecule is O=C(O)CS(=O)c1ccc(SC(F)(F)F)cc1[N+](=O)[O-]. The molecule has 0 aliphatic heterocycles. The first-order valence-electron chi connectivity index (χ1n) is 4.74. The molecule has 1 atom stereocenters. The quantitative estimate of drug-likeness (QED) is 0.506. The molecule has 0 radical (unpaired) electrons. The summed E-state index contributed by atoms with van der Waals surface area (Å²) in [5, 5.41) is 19.2. The van der Waals surface area contributed by atoms with Gasteiger partial charge >= 0.3 is 11.5 Å². The van der Waals surface area contributed by atoms with Gasteiger partial charge in [0.2, 0.25) is 0 Å². The molecule has 110 valence electrons. The number of halogens is 3. The molecule has 0 saturated carbocycles. The van der Waals surface area contributed by atoms with Gasteiger partial charge in [-0.15, -0.1) is 0 Å². The number of hydrogen-bond donors (Lipinski definition) is 1. The Balaban J connectivity index is 3.18. The van der Waals surface area contributed by atoms with Crippen LogP contribution >= 0.6 is 11.8 Å². The van der Waals surface area contributed by atoms with Gasteiger partial charge in [-0.1, -0.05) is 0 Å². The minimum Gasteiger partial charge on any atom is -0.481 e. The molecule has 1 rings (SSSR count). The summed E-state index contributed by atoms with van der Waals surface area (Å²) in [6, 6.07) is 2.39. The van der Waals surface area contributed by atoms with Crippen molar-refractivity contribution < 1.29 is 32.2 Å². The van der Waals surface area contributed by atoms with E-state index in [1.807, 2.05) is 0 Å². The van der Waals surface area contributed by atoms with E-state index in [9.17, 15) is 32.3 Å². The summed E-state index contributed by atoms with van der Waals surface area (Å²) in [5.41, 5.74) is -5.42. The lowest BCUT2D eigenvalue weighted by Gasteiger charge is -2.07. The Morgan fingerprint density at radius 3 is 2.50 bits per heavy atom. The largest absolute Gasteiger partial charge is 0.481 e. The third-order valence-corrected chi connectivity index (χ3v) is 3.93. The fourth-order valence-corrected chi connectivity index (χ4v) is 2.76. The smallest absolute Gasteiger partial charge is 0.446 e. The van der Waals surface area contributed by atoms with Crippen LogP contribution in [0.3, 0.4) is 0 Å². The van der Waals surface area contributed by atoms with Crippen LogP contribution in [0, 0.1) is 10.1 Å². The third kappa shape index (κ3) is 4.81. The van der Waals surface area contributed by atoms with Gasteiger partial charge in [0.25, 0.3) is 5.69 Å². The fraction of sp³-hybridized carbons (Fsp3) is 0.222. The molecule has 1 unspecified atom stereocenters. The second kappa shape index (κ2) is 6.22. The molecular weight excluding hydrogens is 323 g/mol. The topological polar surface area (TPSA) is 97.5 Å². The van der Waals surface area contributed by atoms with Crippen LogP contribution in [0.5, 0.6) is 0 Å². The van der Waals surface area contributed by atoms with Gasteiger partial charge in [-0.05, 0) is 23.9 Å². The Morgan fingerprint density at radius 1 is 1.45 bits per heavy atom. The molecule has 20 heavy (non-hydrogen) atoms. The lowest BCUT2D eigenvalue weighted by Crippen LogP contribution is -2.11. The average Bonchev–Trinajstić information content (AvgIpc) is 2.25. The number of carboxylic acid groups (broad SMARTS) is 1. The molecule has 6 nitrogen and oxygen atoms in total. The number of benzene rings is 1. The summed E-state index contributed by atoms with van der Waals surface area (Å²) in [6.45, 7) is 0. The number of nitro benzene ring substituents is 1. The minimum atomic E-state index is -4.62. The first-order chi connectivity index (χ1) is 9.10. The number of thioether (sulfide) groups is 1. The summed E-state index contributed by atoms with van der Waals surface area (Å²) in [4.78, 5) is 19.3. The normalized spacial score (nSPS) is 12.9. The highest BCUT2D eigenvalue weighted by molar-refractivity contribution is 8.00. The number of hydrogen-bond acceptors (Lipinski definition) is 5. The number of alkyl halides is 3. The van der Waals surface area contributed by atoms with E-state index in [0.29, 0.717) is 6.07 Å². The molecular formula is C9H6F3NO5S2. The van der Waals surface area contributed by atoms with Crippen molar-refractivity contribution in [1.29, 1.82) is 0 Å². The van der Waals surface area contributed by atoms with Crippen LogP contribution in [0.15, 0.2) is 28.0 Å². The molecule has 0 aliphatic carbocycles. The van der Waals surface area contributed by atoms with Gasteiger partial charge in [0.1, 0.15) is 10.6 Å². The molecule has 0 aromatic heterocycles. The third-order valence-electron chi connectivity index (χ3n) is 1.86. The summed E-state index contributed by atoms with van der Waals surface area (Å²) < 4.78 is 48.1. The van der Waals surface area contributed by atoms with Gasteiger partial charge in [-0.3, -0.25) is 19.1 Å². The van der Waals surface area contributed by atoms with Crippen LogP contribution < -0.4 is 0 Å². The highest BCUT2D eigenvalue weighted by Crippen LogP contribution is 2.39. The predicted octanol–water partition coefficient (Wildman–Crippen LogP) is 2.40. The van der Waals surface area contributed by atoms with Crippen LogP contribution in [-0.2, 0) is 15.6 Å². The molecule has 11 heteroatoms. The number of nitro groups is 1. The Bertz CT molecular complexity index is 575. The van der Waals surface area contributed by atoms with E-state index >= 15 is 0 Å². The molecule has 0 heterocycles. The standard InChI is InChI=1S/C9H6F3NO5S2/c10-9(11,12)19-5-1-2-7(6(3-5)13(16)17)20(18)4-8(14)15/h1-3H,4H2,(H,14,15). The number of nitrogens with zero attached hydrogens (tertiary/aromatic N) is 1. The van der Waals surface area contributed by atoms with Crippen LogP contribution in [0.4, 0.5) is 18.9 Å². The minimum absolute atomic E-state index is 0.427. The van der Waals surface area contributed by atoms with E-state index in [2.05, 4.69) is 0 Å². The first kappa shape index (κ1) is 16.4. The van der Waals surface area contributed by atoms with Gasteiger partial charge in [-0.2, -0.15) is 13.2 Å². The monoisotopic (exact) mass is 329 g/mol. The zero-order valence-electron chi connectivity index (χ0n) is 9.42. The molecule has 0 fully saturated rings. The number of aliphatic carboxylic acids is 1. The van der Waals surface area contributed by atoms with Crippen molar-refractivity contribution in [1.82, 2.24) is 0 Å². The number of rotatable bonds is 5. The van der Waals surface area contributed by atoms with E-state index in [1.165, 1.54) is 0 Å². The van der Waals surface area contributed by atoms with Gasteiger partial charge in [0.05, 0.1) is 15.7 Å². The Morgan fingerprint density at radius 2 is 2.05 bits per heavy atom. The molecule has 0 amide bonds. The zero-order chi connectivity index (χ0) is 15.5. The number of carbonyl (C=O) groups is 1. The lowest BCUT2D eigenvalue weighted by molar-refractivity contribution is -0.388. The van der Waals surface area contributed by atoms with Crippen molar-refractivity contribution in [3.8, 4) is 0 Å². The molecule has 0 spiro atoms. The van der Waals surface area contributed by atoms with Gasteiger partial charge in [0.15, 0.2) is 0 Å². The summed E-state index contributed by atoms with van der Waals surface area (Å²) in [7, 11) is -2.21. The van der Waals surface area contributed by atoms with E-state index in [1.54, 1.807) is 0 Å². The van der Waals surface area contributed by atoms with Crippen molar-refractivity contribution in [3.63, 3.8) is 0 Å². The van der Waals surface area contributed by atoms with Gasteiger partial charge < -0.3 is 5.11 Å². The maximum Gasteiger partial charge on any atom is 0.446 e. The molecule has 1 aromatic carbocycles. The second-order valence-corrected chi connectivity index (χ2v) is 5.88. The highest BCUT2D eigenvalue weighted by Gasteiger charge is 2.31. The average molecular weight is 329 g/mol. The second-order valence-electron chi connectivity index (χ2n) is 3.32. The van der Waals surface area contributed by atoms with Crippen molar-refractivity contribution >= 4 is 34.2 Å². The van der Waals surface area contributed by atoms with Crippen LogP contribution in [0.1, 0.15) is 0 Å². The Kier molecular flexibility index (Phi) is 5.11. The predicted molar refractivity (Wildman–Crippen MR) is 63.9 cm³/mol.